The molecule has 3 rings (SSSR count). The largest absolute Gasteiger partial charge is 0.371 e. The van der Waals surface area contributed by atoms with Gasteiger partial charge in [-0.05, 0) is 30.0 Å². The molecule has 1 aromatic carbocycles. The average molecular weight is 200 g/mol. The molecule has 1 fully saturated rings. The summed E-state index contributed by atoms with van der Waals surface area (Å²) in [6.07, 6.45) is 1.27. The molecule has 3 heteroatoms. The molecular formula is C12H12N2O. The Morgan fingerprint density at radius 2 is 1.93 bits per heavy atom. The summed E-state index contributed by atoms with van der Waals surface area (Å²) in [6.45, 7) is 2.26. The lowest BCUT2D eigenvalue weighted by molar-refractivity contribution is 0.618. The summed E-state index contributed by atoms with van der Waals surface area (Å²) in [6, 6.07) is 9.63. The van der Waals surface area contributed by atoms with Crippen LogP contribution in [0.3, 0.4) is 0 Å². The van der Waals surface area contributed by atoms with Gasteiger partial charge in [-0.1, -0.05) is 6.07 Å². The van der Waals surface area contributed by atoms with Crippen LogP contribution in [0.2, 0.25) is 0 Å². The topological polar surface area (TPSA) is 36.1 Å². The molecule has 0 bridgehead atoms. The molecule has 1 N–H and O–H groups in total. The van der Waals surface area contributed by atoms with Crippen LogP contribution < -0.4 is 10.5 Å². The number of nitrogens with zero attached hydrogens (tertiary/aromatic N) is 1. The summed E-state index contributed by atoms with van der Waals surface area (Å²) in [7, 11) is 0. The molecule has 3 nitrogen and oxygen atoms in total. The van der Waals surface area contributed by atoms with Gasteiger partial charge in [0, 0.05) is 24.8 Å². The fraction of sp³-hybridized carbons (Fsp3) is 0.250. The lowest BCUT2D eigenvalue weighted by atomic mass is 10.1. The van der Waals surface area contributed by atoms with Gasteiger partial charge < -0.3 is 9.88 Å². The molecular weight excluding hydrogens is 188 g/mol. The van der Waals surface area contributed by atoms with E-state index in [9.17, 15) is 4.79 Å². The van der Waals surface area contributed by atoms with Gasteiger partial charge in [0.15, 0.2) is 0 Å². The van der Waals surface area contributed by atoms with Crippen LogP contribution in [0.5, 0.6) is 0 Å². The Morgan fingerprint density at radius 3 is 2.67 bits per heavy atom. The van der Waals surface area contributed by atoms with Crippen molar-refractivity contribution >= 4 is 16.6 Å². The summed E-state index contributed by atoms with van der Waals surface area (Å²) >= 11 is 0. The predicted octanol–water partition coefficient (Wildman–Crippen LogP) is 1.74. The summed E-state index contributed by atoms with van der Waals surface area (Å²) < 4.78 is 0. The van der Waals surface area contributed by atoms with Crippen molar-refractivity contribution in [3.05, 3.63) is 40.7 Å². The number of benzene rings is 1. The van der Waals surface area contributed by atoms with Crippen molar-refractivity contribution in [3.63, 3.8) is 0 Å². The number of anilines is 1. The zero-order chi connectivity index (χ0) is 10.3. The lowest BCUT2D eigenvalue weighted by Gasteiger charge is -2.33. The number of hydrogen-bond donors (Lipinski definition) is 1. The summed E-state index contributed by atoms with van der Waals surface area (Å²) in [4.78, 5) is 16.3. The highest BCUT2D eigenvalue weighted by atomic mass is 16.1. The molecule has 0 unspecified atom stereocenters. The molecule has 0 atom stereocenters. The Morgan fingerprint density at radius 1 is 1.13 bits per heavy atom. The van der Waals surface area contributed by atoms with E-state index in [0.717, 1.165) is 24.0 Å². The molecule has 1 aliphatic rings. The maximum absolute atomic E-state index is 11.2. The molecule has 2 aromatic rings. The van der Waals surface area contributed by atoms with Gasteiger partial charge in [0.1, 0.15) is 0 Å². The van der Waals surface area contributed by atoms with Crippen molar-refractivity contribution in [2.45, 2.75) is 6.42 Å². The molecule has 0 saturated carbocycles. The van der Waals surface area contributed by atoms with Gasteiger partial charge in [-0.3, -0.25) is 4.79 Å². The van der Waals surface area contributed by atoms with Crippen LogP contribution in [-0.2, 0) is 0 Å². The fourth-order valence-corrected chi connectivity index (χ4v) is 1.91. The first-order chi connectivity index (χ1) is 7.33. The lowest BCUT2D eigenvalue weighted by Crippen LogP contribution is -2.36. The van der Waals surface area contributed by atoms with Crippen LogP contribution in [-0.4, -0.2) is 18.1 Å². The standard InChI is InChI=1S/C12H12N2O/c15-12-5-3-9-2-4-10(8-11(9)13-12)14-6-1-7-14/h2-5,8H,1,6-7H2,(H,13,15). The normalized spacial score (nSPS) is 15.3. The third kappa shape index (κ3) is 1.40. The first-order valence-corrected chi connectivity index (χ1v) is 5.21. The second-order valence-electron chi connectivity index (χ2n) is 3.93. The molecule has 15 heavy (non-hydrogen) atoms. The second-order valence-corrected chi connectivity index (χ2v) is 3.93. The van der Waals surface area contributed by atoms with Crippen molar-refractivity contribution in [1.29, 1.82) is 0 Å². The Hall–Kier alpha value is -1.77. The predicted molar refractivity (Wildman–Crippen MR) is 61.4 cm³/mol. The minimum atomic E-state index is -0.0386. The molecule has 1 aliphatic heterocycles. The van der Waals surface area contributed by atoms with E-state index < -0.39 is 0 Å². The average Bonchev–Trinajstić information content (AvgIpc) is 2.14. The maximum atomic E-state index is 11.2. The number of pyridine rings is 1. The van der Waals surface area contributed by atoms with E-state index in [1.54, 1.807) is 6.07 Å². The molecule has 2 heterocycles. The van der Waals surface area contributed by atoms with E-state index in [0.29, 0.717) is 0 Å². The zero-order valence-electron chi connectivity index (χ0n) is 8.36. The Bertz CT molecular complexity index is 555. The van der Waals surface area contributed by atoms with Crippen LogP contribution in [0.4, 0.5) is 5.69 Å². The van der Waals surface area contributed by atoms with Gasteiger partial charge in [-0.15, -0.1) is 0 Å². The molecule has 0 radical (unpaired) electrons. The fourth-order valence-electron chi connectivity index (χ4n) is 1.91. The van der Waals surface area contributed by atoms with Gasteiger partial charge in [-0.2, -0.15) is 0 Å². The van der Waals surface area contributed by atoms with Crippen molar-refractivity contribution < 1.29 is 0 Å². The highest BCUT2D eigenvalue weighted by molar-refractivity contribution is 5.82. The minimum absolute atomic E-state index is 0.0386. The number of aromatic nitrogens is 1. The molecule has 0 amide bonds. The van der Waals surface area contributed by atoms with E-state index in [1.165, 1.54) is 12.1 Å². The summed E-state index contributed by atoms with van der Waals surface area (Å²) in [5.74, 6) is 0. The van der Waals surface area contributed by atoms with Gasteiger partial charge in [0.05, 0.1) is 5.52 Å². The van der Waals surface area contributed by atoms with Gasteiger partial charge >= 0.3 is 0 Å². The number of rotatable bonds is 1. The van der Waals surface area contributed by atoms with Crippen LogP contribution in [0.25, 0.3) is 10.9 Å². The van der Waals surface area contributed by atoms with E-state index >= 15 is 0 Å². The SMILES string of the molecule is O=c1ccc2ccc(N3CCC3)cc2[nH]1. The second kappa shape index (κ2) is 3.12. The van der Waals surface area contributed by atoms with Crippen molar-refractivity contribution in [2.75, 3.05) is 18.0 Å². The van der Waals surface area contributed by atoms with Crippen LogP contribution >= 0.6 is 0 Å². The zero-order valence-corrected chi connectivity index (χ0v) is 8.36. The van der Waals surface area contributed by atoms with E-state index in [4.69, 9.17) is 0 Å². The van der Waals surface area contributed by atoms with E-state index in [1.807, 2.05) is 6.07 Å². The highest BCUT2D eigenvalue weighted by Gasteiger charge is 2.14. The Balaban J connectivity index is 2.15. The first kappa shape index (κ1) is 8.53. The summed E-state index contributed by atoms with van der Waals surface area (Å²) in [5.41, 5.74) is 2.09. The molecule has 76 valence electrons. The van der Waals surface area contributed by atoms with E-state index in [-0.39, 0.29) is 5.56 Å². The number of hydrogen-bond acceptors (Lipinski definition) is 2. The maximum Gasteiger partial charge on any atom is 0.248 e. The van der Waals surface area contributed by atoms with Crippen molar-refractivity contribution in [3.8, 4) is 0 Å². The summed E-state index contributed by atoms with van der Waals surface area (Å²) in [5, 5.41) is 1.08. The quantitative estimate of drug-likeness (QED) is 0.761. The number of H-pyrrole nitrogens is 1. The van der Waals surface area contributed by atoms with Gasteiger partial charge in [-0.25, -0.2) is 0 Å². The van der Waals surface area contributed by atoms with Crippen LogP contribution in [0.1, 0.15) is 6.42 Å². The third-order valence-corrected chi connectivity index (χ3v) is 2.93. The Kier molecular flexibility index (Phi) is 1.78. The number of fused-ring (bicyclic) bond motifs is 1. The molecule has 1 saturated heterocycles. The van der Waals surface area contributed by atoms with Crippen LogP contribution in [0, 0.1) is 0 Å². The molecule has 0 spiro atoms. The highest BCUT2D eigenvalue weighted by Crippen LogP contribution is 2.23. The van der Waals surface area contributed by atoms with Crippen molar-refractivity contribution in [1.82, 2.24) is 4.98 Å². The van der Waals surface area contributed by atoms with Crippen LogP contribution in [0.15, 0.2) is 35.1 Å². The number of nitrogens with one attached hydrogen (secondary N) is 1. The monoisotopic (exact) mass is 200 g/mol. The smallest absolute Gasteiger partial charge is 0.248 e. The minimum Gasteiger partial charge on any atom is -0.371 e. The van der Waals surface area contributed by atoms with Crippen molar-refractivity contribution in [2.24, 2.45) is 0 Å². The molecule has 0 aliphatic carbocycles. The number of aromatic amines is 1. The Labute approximate surface area is 87.3 Å². The molecule has 1 aromatic heterocycles. The first-order valence-electron chi connectivity index (χ1n) is 5.21. The van der Waals surface area contributed by atoms with Gasteiger partial charge in [0.2, 0.25) is 5.56 Å². The van der Waals surface area contributed by atoms with E-state index in [2.05, 4.69) is 28.1 Å². The third-order valence-electron chi connectivity index (χ3n) is 2.93. The van der Waals surface area contributed by atoms with Gasteiger partial charge in [0.25, 0.3) is 0 Å².